The number of halogens is 2. The number of sulfonamides is 1. The Balaban J connectivity index is 2.04. The zero-order valence-electron chi connectivity index (χ0n) is 12.9. The molecule has 126 valence electrons. The minimum absolute atomic E-state index is 0.0489. The number of ketones is 1. The quantitative estimate of drug-likeness (QED) is 0.784. The van der Waals surface area contributed by atoms with E-state index in [1.54, 1.807) is 30.3 Å². The number of hydrogen-bond acceptors (Lipinski definition) is 3. The second-order valence-electron chi connectivity index (χ2n) is 5.74. The first-order valence-corrected chi connectivity index (χ1v) is 9.56. The fraction of sp³-hybridized carbons (Fsp3) is 0.235. The molecule has 0 fully saturated rings. The van der Waals surface area contributed by atoms with Crippen LogP contribution in [0.15, 0.2) is 41.3 Å². The molecule has 0 saturated carbocycles. The lowest BCUT2D eigenvalue weighted by Crippen LogP contribution is -2.31. The molecule has 0 N–H and O–H groups in total. The van der Waals surface area contributed by atoms with Gasteiger partial charge in [0.1, 0.15) is 0 Å². The SMILES string of the molecule is Cc1ccc(S(=O)(=O)N2CCC(=O)c3cc(Cl)cc(Cl)c3C2)cc1. The third-order valence-electron chi connectivity index (χ3n) is 4.04. The number of rotatable bonds is 2. The highest BCUT2D eigenvalue weighted by atomic mass is 35.5. The van der Waals surface area contributed by atoms with E-state index in [0.717, 1.165) is 5.56 Å². The fourth-order valence-corrected chi connectivity index (χ4v) is 4.66. The van der Waals surface area contributed by atoms with E-state index < -0.39 is 10.0 Å². The van der Waals surface area contributed by atoms with E-state index in [1.165, 1.54) is 10.4 Å². The smallest absolute Gasteiger partial charge is 0.243 e. The van der Waals surface area contributed by atoms with E-state index in [4.69, 9.17) is 23.2 Å². The number of aryl methyl sites for hydroxylation is 1. The molecule has 0 atom stereocenters. The Hall–Kier alpha value is -1.40. The molecule has 0 spiro atoms. The van der Waals surface area contributed by atoms with Crippen LogP contribution in [0.1, 0.15) is 27.9 Å². The van der Waals surface area contributed by atoms with Gasteiger partial charge in [0.15, 0.2) is 5.78 Å². The Kier molecular flexibility index (Phi) is 4.71. The highest BCUT2D eigenvalue weighted by Gasteiger charge is 2.30. The normalized spacial score (nSPS) is 15.9. The van der Waals surface area contributed by atoms with Gasteiger partial charge in [-0.2, -0.15) is 4.31 Å². The maximum atomic E-state index is 12.9. The van der Waals surface area contributed by atoms with Gasteiger partial charge in [0.05, 0.1) is 4.90 Å². The highest BCUT2D eigenvalue weighted by molar-refractivity contribution is 7.89. The van der Waals surface area contributed by atoms with Gasteiger partial charge in [-0.1, -0.05) is 40.9 Å². The van der Waals surface area contributed by atoms with Gasteiger partial charge in [-0.3, -0.25) is 4.79 Å². The number of nitrogens with zero attached hydrogens (tertiary/aromatic N) is 1. The summed E-state index contributed by atoms with van der Waals surface area (Å²) in [6.07, 6.45) is 0.0920. The summed E-state index contributed by atoms with van der Waals surface area (Å²) in [4.78, 5) is 12.5. The van der Waals surface area contributed by atoms with Crippen LogP contribution >= 0.6 is 23.2 Å². The predicted octanol–water partition coefficient (Wildman–Crippen LogP) is 4.08. The molecule has 0 aromatic heterocycles. The zero-order valence-corrected chi connectivity index (χ0v) is 15.2. The third kappa shape index (κ3) is 3.22. The molecule has 0 bridgehead atoms. The molecule has 0 radical (unpaired) electrons. The number of carbonyl (C=O) groups is 1. The first-order valence-electron chi connectivity index (χ1n) is 7.37. The molecule has 1 aliphatic rings. The lowest BCUT2D eigenvalue weighted by molar-refractivity contribution is 0.0981. The van der Waals surface area contributed by atoms with E-state index >= 15 is 0 Å². The molecule has 1 heterocycles. The largest absolute Gasteiger partial charge is 0.294 e. The standard InChI is InChI=1S/C17H15Cl2NO3S/c1-11-2-4-13(5-3-11)24(22,23)20-7-6-17(21)14-8-12(18)9-16(19)15(14)10-20/h2-5,8-9H,6-7,10H2,1H3. The number of carbonyl (C=O) groups excluding carboxylic acids is 1. The van der Waals surface area contributed by atoms with Crippen LogP contribution in [0.4, 0.5) is 0 Å². The van der Waals surface area contributed by atoms with Crippen molar-refractivity contribution in [2.75, 3.05) is 6.54 Å². The van der Waals surface area contributed by atoms with Gasteiger partial charge >= 0.3 is 0 Å². The molecule has 0 amide bonds. The van der Waals surface area contributed by atoms with Crippen molar-refractivity contribution in [3.05, 3.63) is 63.1 Å². The van der Waals surface area contributed by atoms with Crippen LogP contribution in [0.2, 0.25) is 10.0 Å². The van der Waals surface area contributed by atoms with Crippen molar-refractivity contribution in [2.45, 2.75) is 24.8 Å². The van der Waals surface area contributed by atoms with Crippen LogP contribution in [0, 0.1) is 6.92 Å². The summed E-state index contributed by atoms with van der Waals surface area (Å²) in [5.41, 5.74) is 1.87. The average molecular weight is 384 g/mol. The topological polar surface area (TPSA) is 54.5 Å². The van der Waals surface area contributed by atoms with E-state index in [0.29, 0.717) is 21.2 Å². The Morgan fingerprint density at radius 1 is 1.08 bits per heavy atom. The molecule has 4 nitrogen and oxygen atoms in total. The molecular formula is C17H15Cl2NO3S. The minimum atomic E-state index is -3.71. The van der Waals surface area contributed by atoms with Gasteiger partial charge in [0.2, 0.25) is 10.0 Å². The third-order valence-corrected chi connectivity index (χ3v) is 6.46. The van der Waals surface area contributed by atoms with Gasteiger partial charge < -0.3 is 0 Å². The van der Waals surface area contributed by atoms with Crippen molar-refractivity contribution in [1.82, 2.24) is 4.31 Å². The highest BCUT2D eigenvalue weighted by Crippen LogP contribution is 2.31. The molecule has 24 heavy (non-hydrogen) atoms. The number of benzene rings is 2. The van der Waals surface area contributed by atoms with Crippen LogP contribution < -0.4 is 0 Å². The average Bonchev–Trinajstić information content (AvgIpc) is 2.68. The predicted molar refractivity (Wildman–Crippen MR) is 94.2 cm³/mol. The summed E-state index contributed by atoms with van der Waals surface area (Å²) in [7, 11) is -3.71. The summed E-state index contributed by atoms with van der Waals surface area (Å²) in [5.74, 6) is -0.156. The summed E-state index contributed by atoms with van der Waals surface area (Å²) in [6.45, 7) is 2.05. The molecular weight excluding hydrogens is 369 g/mol. The molecule has 0 unspecified atom stereocenters. The summed E-state index contributed by atoms with van der Waals surface area (Å²) in [5, 5.41) is 0.666. The second kappa shape index (κ2) is 6.48. The molecule has 0 saturated heterocycles. The fourth-order valence-electron chi connectivity index (χ4n) is 2.69. The van der Waals surface area contributed by atoms with E-state index in [1.807, 2.05) is 6.92 Å². The van der Waals surface area contributed by atoms with Crippen molar-refractivity contribution in [2.24, 2.45) is 0 Å². The monoisotopic (exact) mass is 383 g/mol. The van der Waals surface area contributed by atoms with Gasteiger partial charge in [-0.15, -0.1) is 0 Å². The molecule has 2 aromatic rings. The van der Waals surface area contributed by atoms with Crippen LogP contribution in [0.25, 0.3) is 0 Å². The number of Topliss-reactive ketones (excluding diaryl/α,β-unsaturated/α-hetero) is 1. The van der Waals surface area contributed by atoms with E-state index in [9.17, 15) is 13.2 Å². The van der Waals surface area contributed by atoms with Crippen molar-refractivity contribution < 1.29 is 13.2 Å². The molecule has 1 aliphatic heterocycles. The van der Waals surface area contributed by atoms with Crippen molar-refractivity contribution in [3.63, 3.8) is 0 Å². The summed E-state index contributed by atoms with van der Waals surface area (Å²) in [6, 6.07) is 9.71. The first-order chi connectivity index (χ1) is 11.3. The maximum absolute atomic E-state index is 12.9. The molecule has 3 rings (SSSR count). The first kappa shape index (κ1) is 17.4. The Morgan fingerprint density at radius 2 is 1.75 bits per heavy atom. The summed E-state index contributed by atoms with van der Waals surface area (Å²) >= 11 is 12.2. The lowest BCUT2D eigenvalue weighted by atomic mass is 10.0. The van der Waals surface area contributed by atoms with Crippen molar-refractivity contribution in [3.8, 4) is 0 Å². The van der Waals surface area contributed by atoms with Crippen LogP contribution in [-0.2, 0) is 16.6 Å². The number of hydrogen-bond donors (Lipinski definition) is 0. The van der Waals surface area contributed by atoms with Crippen LogP contribution in [0.3, 0.4) is 0 Å². The Bertz CT molecular complexity index is 908. The molecule has 7 heteroatoms. The molecule has 0 aliphatic carbocycles. The lowest BCUT2D eigenvalue weighted by Gasteiger charge is -2.21. The Labute approximate surface area is 151 Å². The van der Waals surface area contributed by atoms with Gasteiger partial charge in [0.25, 0.3) is 0 Å². The van der Waals surface area contributed by atoms with Gasteiger partial charge in [-0.05, 0) is 36.8 Å². The van der Waals surface area contributed by atoms with Crippen molar-refractivity contribution in [1.29, 1.82) is 0 Å². The number of fused-ring (bicyclic) bond motifs is 1. The molecule has 2 aromatic carbocycles. The summed E-state index contributed by atoms with van der Waals surface area (Å²) < 4.78 is 27.1. The van der Waals surface area contributed by atoms with Crippen LogP contribution in [0.5, 0.6) is 0 Å². The minimum Gasteiger partial charge on any atom is -0.294 e. The second-order valence-corrected chi connectivity index (χ2v) is 8.52. The van der Waals surface area contributed by atoms with Crippen LogP contribution in [-0.4, -0.2) is 25.1 Å². The van der Waals surface area contributed by atoms with Gasteiger partial charge in [0, 0.05) is 35.1 Å². The Morgan fingerprint density at radius 3 is 2.42 bits per heavy atom. The van der Waals surface area contributed by atoms with E-state index in [2.05, 4.69) is 0 Å². The maximum Gasteiger partial charge on any atom is 0.243 e. The van der Waals surface area contributed by atoms with Crippen molar-refractivity contribution >= 4 is 39.0 Å². The van der Waals surface area contributed by atoms with E-state index in [-0.39, 0.29) is 30.2 Å². The zero-order chi connectivity index (χ0) is 17.5. The van der Waals surface area contributed by atoms with Gasteiger partial charge in [-0.25, -0.2) is 8.42 Å².